The Morgan fingerprint density at radius 1 is 0.843 bits per heavy atom. The van der Waals surface area contributed by atoms with Crippen molar-refractivity contribution in [2.45, 2.75) is 71.6 Å². The summed E-state index contributed by atoms with van der Waals surface area (Å²) in [5, 5.41) is 0. The second-order valence-electron chi connectivity index (χ2n) is 12.5. The van der Waals surface area contributed by atoms with Crippen LogP contribution in [-0.2, 0) is 49.7 Å². The molecule has 0 saturated carbocycles. The average Bonchev–Trinajstić information content (AvgIpc) is 3.59. The fraction of sp³-hybridized carbons (Fsp3) is 0.395. The van der Waals surface area contributed by atoms with Crippen LogP contribution in [-0.4, -0.2) is 57.8 Å². The van der Waals surface area contributed by atoms with Crippen LogP contribution >= 0.6 is 0 Å². The van der Waals surface area contributed by atoms with E-state index in [1.165, 1.54) is 30.3 Å². The van der Waals surface area contributed by atoms with Crippen LogP contribution in [0.25, 0.3) is 11.1 Å². The van der Waals surface area contributed by atoms with E-state index < -0.39 is 18.1 Å². The number of alkyl halides is 6. The number of aryl methyl sites for hydroxylation is 2. The van der Waals surface area contributed by atoms with E-state index in [0.717, 1.165) is 48.5 Å². The van der Waals surface area contributed by atoms with Crippen molar-refractivity contribution in [2.24, 2.45) is 0 Å². The average molecular weight is 715 g/mol. The molecular formula is C38H40F6N4O3. The van der Waals surface area contributed by atoms with E-state index in [-0.39, 0.29) is 43.1 Å². The standard InChI is InChI=1S/C38H40F6N4O3/c1-3-46(4-2)21-22-47(24-27-11-14-28(15-12-27)29-16-18-30(19-17-29)37(39,40)41)35(49)25-48-33-10-6-9-32(33)36(50)45-34(48)20-13-26-7-5-8-31(23-26)51-38(42,43)44/h5,7-8,11-12,14-19,23H,3-4,6,9-10,13,20-22,24-25H2,1-2H3. The van der Waals surface area contributed by atoms with Crippen molar-refractivity contribution >= 4 is 5.91 Å². The van der Waals surface area contributed by atoms with Gasteiger partial charge in [-0.05, 0) is 85.3 Å². The number of halogens is 6. The Balaban J connectivity index is 1.37. The number of hydrogen-bond acceptors (Lipinski definition) is 5. The molecule has 1 aliphatic carbocycles. The van der Waals surface area contributed by atoms with Crippen molar-refractivity contribution in [3.63, 3.8) is 0 Å². The highest BCUT2D eigenvalue weighted by atomic mass is 19.4. The zero-order valence-electron chi connectivity index (χ0n) is 28.5. The highest BCUT2D eigenvalue weighted by Crippen LogP contribution is 2.31. The van der Waals surface area contributed by atoms with E-state index in [9.17, 15) is 35.9 Å². The zero-order chi connectivity index (χ0) is 36.8. The maximum absolute atomic E-state index is 14.2. The van der Waals surface area contributed by atoms with E-state index in [2.05, 4.69) is 14.6 Å². The van der Waals surface area contributed by atoms with Crippen molar-refractivity contribution in [2.75, 3.05) is 26.2 Å². The van der Waals surface area contributed by atoms with Crippen LogP contribution in [0, 0.1) is 0 Å². The molecule has 51 heavy (non-hydrogen) atoms. The monoisotopic (exact) mass is 714 g/mol. The van der Waals surface area contributed by atoms with Crippen molar-refractivity contribution in [1.29, 1.82) is 0 Å². The number of likely N-dealkylation sites (N-methyl/N-ethyl adjacent to an activating group) is 1. The summed E-state index contributed by atoms with van der Waals surface area (Å²) >= 11 is 0. The van der Waals surface area contributed by atoms with Gasteiger partial charge in [0.15, 0.2) is 0 Å². The molecule has 4 aromatic rings. The van der Waals surface area contributed by atoms with Crippen LogP contribution in [0.3, 0.4) is 0 Å². The van der Waals surface area contributed by atoms with Crippen LogP contribution < -0.4 is 10.3 Å². The minimum absolute atomic E-state index is 0.0654. The largest absolute Gasteiger partial charge is 0.573 e. The number of carbonyl (C=O) groups is 1. The molecule has 0 saturated heterocycles. The van der Waals surface area contributed by atoms with E-state index in [4.69, 9.17) is 0 Å². The lowest BCUT2D eigenvalue weighted by Gasteiger charge is -2.28. The molecule has 0 radical (unpaired) electrons. The first-order valence-corrected chi connectivity index (χ1v) is 17.0. The molecule has 3 aromatic carbocycles. The summed E-state index contributed by atoms with van der Waals surface area (Å²) in [6.07, 6.45) is -6.85. The molecule has 1 aliphatic rings. The molecule has 0 spiro atoms. The van der Waals surface area contributed by atoms with Gasteiger partial charge >= 0.3 is 12.5 Å². The van der Waals surface area contributed by atoms with E-state index in [1.807, 2.05) is 38.1 Å². The van der Waals surface area contributed by atoms with Gasteiger partial charge in [-0.1, -0.05) is 62.4 Å². The van der Waals surface area contributed by atoms with Gasteiger partial charge in [-0.25, -0.2) is 0 Å². The van der Waals surface area contributed by atoms with Crippen LogP contribution in [0.15, 0.2) is 77.6 Å². The number of amides is 1. The van der Waals surface area contributed by atoms with Crippen molar-refractivity contribution in [3.8, 4) is 16.9 Å². The Kier molecular flexibility index (Phi) is 11.9. The van der Waals surface area contributed by atoms with Gasteiger partial charge in [0.2, 0.25) is 5.91 Å². The lowest BCUT2D eigenvalue weighted by atomic mass is 10.0. The van der Waals surface area contributed by atoms with Crippen LogP contribution in [0.5, 0.6) is 5.75 Å². The van der Waals surface area contributed by atoms with Gasteiger partial charge in [-0.3, -0.25) is 9.59 Å². The Hall–Kier alpha value is -4.65. The molecule has 0 atom stereocenters. The van der Waals surface area contributed by atoms with Gasteiger partial charge in [0.05, 0.1) is 5.56 Å². The summed E-state index contributed by atoms with van der Waals surface area (Å²) in [4.78, 5) is 35.5. The predicted octanol–water partition coefficient (Wildman–Crippen LogP) is 7.47. The fourth-order valence-electron chi connectivity index (χ4n) is 6.39. The topological polar surface area (TPSA) is 67.7 Å². The van der Waals surface area contributed by atoms with E-state index in [1.54, 1.807) is 15.5 Å². The normalized spacial score (nSPS) is 13.0. The molecular weight excluding hydrogens is 674 g/mol. The summed E-state index contributed by atoms with van der Waals surface area (Å²) in [6, 6.07) is 17.9. The molecule has 0 aliphatic heterocycles. The lowest BCUT2D eigenvalue weighted by Crippen LogP contribution is -2.40. The molecule has 0 N–H and O–H groups in total. The van der Waals surface area contributed by atoms with Crippen LogP contribution in [0.1, 0.15) is 54.0 Å². The van der Waals surface area contributed by atoms with E-state index >= 15 is 0 Å². The number of fused-ring (bicyclic) bond motifs is 1. The molecule has 1 heterocycles. The molecule has 7 nitrogen and oxygen atoms in total. The third-order valence-corrected chi connectivity index (χ3v) is 9.18. The molecule has 0 bridgehead atoms. The first kappa shape index (κ1) is 37.6. The van der Waals surface area contributed by atoms with Crippen molar-refractivity contribution in [3.05, 3.63) is 117 Å². The summed E-state index contributed by atoms with van der Waals surface area (Å²) in [5.74, 6) is -0.137. The second-order valence-corrected chi connectivity index (χ2v) is 12.5. The number of aromatic nitrogens is 2. The third kappa shape index (κ3) is 9.99. The number of ether oxygens (including phenoxy) is 1. The molecule has 272 valence electrons. The smallest absolute Gasteiger partial charge is 0.406 e. The molecule has 13 heteroatoms. The van der Waals surface area contributed by atoms with Gasteiger partial charge in [0.25, 0.3) is 5.56 Å². The van der Waals surface area contributed by atoms with Gasteiger partial charge in [-0.2, -0.15) is 18.2 Å². The maximum atomic E-state index is 14.2. The quantitative estimate of drug-likeness (QED) is 0.127. The molecule has 1 amide bonds. The first-order valence-electron chi connectivity index (χ1n) is 17.0. The Morgan fingerprint density at radius 2 is 1.51 bits per heavy atom. The maximum Gasteiger partial charge on any atom is 0.573 e. The van der Waals surface area contributed by atoms with Gasteiger partial charge in [0.1, 0.15) is 18.1 Å². The molecule has 0 fully saturated rings. The highest BCUT2D eigenvalue weighted by molar-refractivity contribution is 5.76. The van der Waals surface area contributed by atoms with Gasteiger partial charge in [0, 0.05) is 37.3 Å². The number of benzene rings is 3. The fourth-order valence-corrected chi connectivity index (χ4v) is 6.39. The second kappa shape index (κ2) is 16.1. The summed E-state index contributed by atoms with van der Waals surface area (Å²) in [6.45, 7) is 6.97. The Labute approximate surface area is 292 Å². The summed E-state index contributed by atoms with van der Waals surface area (Å²) < 4.78 is 83.4. The minimum Gasteiger partial charge on any atom is -0.406 e. The summed E-state index contributed by atoms with van der Waals surface area (Å²) in [5.41, 5.74) is 3.05. The zero-order valence-corrected chi connectivity index (χ0v) is 28.5. The molecule has 0 unspecified atom stereocenters. The highest BCUT2D eigenvalue weighted by Gasteiger charge is 2.31. The van der Waals surface area contributed by atoms with Crippen LogP contribution in [0.4, 0.5) is 26.3 Å². The van der Waals surface area contributed by atoms with Crippen molar-refractivity contribution < 1.29 is 35.9 Å². The van der Waals surface area contributed by atoms with Crippen LogP contribution in [0.2, 0.25) is 0 Å². The number of hydrogen-bond donors (Lipinski definition) is 0. The Morgan fingerprint density at radius 3 is 2.14 bits per heavy atom. The predicted molar refractivity (Wildman–Crippen MR) is 181 cm³/mol. The van der Waals surface area contributed by atoms with Gasteiger partial charge < -0.3 is 19.1 Å². The first-order chi connectivity index (χ1) is 24.2. The lowest BCUT2D eigenvalue weighted by molar-refractivity contribution is -0.274. The summed E-state index contributed by atoms with van der Waals surface area (Å²) in [7, 11) is 0. The van der Waals surface area contributed by atoms with Crippen molar-refractivity contribution in [1.82, 2.24) is 19.4 Å². The number of nitrogens with zero attached hydrogens (tertiary/aromatic N) is 4. The number of carbonyl (C=O) groups excluding carboxylic acids is 1. The van der Waals surface area contributed by atoms with E-state index in [0.29, 0.717) is 48.4 Å². The minimum atomic E-state index is -4.83. The molecule has 5 rings (SSSR count). The SMILES string of the molecule is CCN(CC)CCN(Cc1ccc(-c2ccc(C(F)(F)F)cc2)cc1)C(=O)Cn1c(CCc2cccc(OC(F)(F)F)c2)nc(=O)c2c1CCC2. The molecule has 1 aromatic heterocycles. The third-order valence-electron chi connectivity index (χ3n) is 9.18. The number of rotatable bonds is 14. The van der Waals surface area contributed by atoms with Gasteiger partial charge in [-0.15, -0.1) is 13.2 Å². The Bertz CT molecular complexity index is 1850.